The molecule has 0 radical (unpaired) electrons. The van der Waals surface area contributed by atoms with E-state index in [4.69, 9.17) is 24.9 Å². The predicted molar refractivity (Wildman–Crippen MR) is 272 cm³/mol. The number of pyridine rings is 2. The fraction of sp³-hybridized carbons (Fsp3) is 0.0164. The lowest BCUT2D eigenvalue weighted by Gasteiger charge is -2.19. The lowest BCUT2D eigenvalue weighted by Crippen LogP contribution is -1.99. The zero-order chi connectivity index (χ0) is 44.9. The molecule has 0 aliphatic carbocycles. The molecule has 11 aromatic rings. The second-order valence-electron chi connectivity index (χ2n) is 16.3. The molecule has 0 fully saturated rings. The van der Waals surface area contributed by atoms with Crippen LogP contribution in [-0.2, 0) is 0 Å². The van der Waals surface area contributed by atoms with E-state index in [1.54, 1.807) is 0 Å². The summed E-state index contributed by atoms with van der Waals surface area (Å²) in [5.41, 5.74) is 18.3. The summed E-state index contributed by atoms with van der Waals surface area (Å²) in [4.78, 5) is 30.3. The van der Waals surface area contributed by atoms with Gasteiger partial charge in [0.15, 0.2) is 11.6 Å². The van der Waals surface area contributed by atoms with Crippen LogP contribution >= 0.6 is 0 Å². The Kier molecular flexibility index (Phi) is 11.1. The Morgan fingerprint density at radius 1 is 0.254 bits per heavy atom. The van der Waals surface area contributed by atoms with Gasteiger partial charge in [-0.15, -0.1) is 0 Å². The van der Waals surface area contributed by atoms with Gasteiger partial charge in [-0.1, -0.05) is 194 Å². The van der Waals surface area contributed by atoms with Crippen LogP contribution in [0.25, 0.3) is 113 Å². The van der Waals surface area contributed by atoms with Gasteiger partial charge < -0.3 is 0 Å². The van der Waals surface area contributed by atoms with Crippen molar-refractivity contribution in [1.29, 1.82) is 0 Å². The molecule has 6 nitrogen and oxygen atoms in total. The number of rotatable bonds is 10. The van der Waals surface area contributed by atoms with E-state index in [0.29, 0.717) is 11.6 Å². The molecule has 0 bridgehead atoms. The highest BCUT2D eigenvalue weighted by atomic mass is 14.9. The van der Waals surface area contributed by atoms with Crippen molar-refractivity contribution in [1.82, 2.24) is 29.9 Å². The Morgan fingerprint density at radius 3 is 1.27 bits per heavy atom. The number of benzene rings is 7. The zero-order valence-electron chi connectivity index (χ0n) is 36.7. The minimum Gasteiger partial charge on any atom is -0.256 e. The van der Waals surface area contributed by atoms with Crippen LogP contribution in [0.2, 0.25) is 0 Å². The number of aryl methyl sites for hydroxylation is 1. The normalized spacial score (nSPS) is 11.1. The Labute approximate surface area is 390 Å². The molecule has 67 heavy (non-hydrogen) atoms. The molecule has 0 amide bonds. The van der Waals surface area contributed by atoms with Crippen molar-refractivity contribution in [3.8, 4) is 113 Å². The predicted octanol–water partition coefficient (Wildman–Crippen LogP) is 15.0. The molecule has 4 aromatic heterocycles. The third-order valence-corrected chi connectivity index (χ3v) is 11.9. The van der Waals surface area contributed by atoms with Gasteiger partial charge in [0.1, 0.15) is 0 Å². The highest BCUT2D eigenvalue weighted by molar-refractivity contribution is 5.99. The van der Waals surface area contributed by atoms with Gasteiger partial charge in [0, 0.05) is 56.4 Å². The molecule has 0 unspecified atom stereocenters. The third kappa shape index (κ3) is 8.55. The number of nitrogens with zero attached hydrogens (tertiary/aromatic N) is 6. The first-order valence-corrected chi connectivity index (χ1v) is 22.4. The van der Waals surface area contributed by atoms with E-state index in [2.05, 4.69) is 157 Å². The molecular weight excluding hydrogens is 817 g/mol. The molecule has 7 aromatic carbocycles. The first kappa shape index (κ1) is 40.8. The van der Waals surface area contributed by atoms with Crippen molar-refractivity contribution in [2.75, 3.05) is 0 Å². The first-order chi connectivity index (χ1) is 33.1. The van der Waals surface area contributed by atoms with Crippen LogP contribution in [0.1, 0.15) is 5.69 Å². The van der Waals surface area contributed by atoms with Crippen LogP contribution in [-0.4, -0.2) is 29.9 Å². The Hall–Kier alpha value is -9.00. The summed E-state index contributed by atoms with van der Waals surface area (Å²) in [6.07, 6.45) is 1.81. The summed E-state index contributed by atoms with van der Waals surface area (Å²) < 4.78 is 0. The van der Waals surface area contributed by atoms with Gasteiger partial charge in [0.25, 0.3) is 0 Å². The largest absolute Gasteiger partial charge is 0.256 e. The standard InChI is InChI=1S/C61H42N6/c1-41-17-15-29-54(63-41)52-27-16-26-49(59(52)51-25-12-11-24-50(51)58-40-57(44-20-7-3-8-21-44)66-60(67-58)47-22-9-4-10-23-47)42-30-32-46(33-31-42)56-39-55(43-18-5-2-6-19-43)64-61(65-56)48-36-34-45(35-37-48)53-28-13-14-38-62-53/h2-40H,1H3. The topological polar surface area (TPSA) is 77.3 Å². The zero-order valence-corrected chi connectivity index (χ0v) is 36.7. The molecular formula is C61H42N6. The van der Waals surface area contributed by atoms with E-state index in [0.717, 1.165) is 107 Å². The number of aromatic nitrogens is 6. The van der Waals surface area contributed by atoms with Crippen LogP contribution in [0.15, 0.2) is 237 Å². The van der Waals surface area contributed by atoms with Gasteiger partial charge in [-0.2, -0.15) is 0 Å². The minimum atomic E-state index is 0.654. The average Bonchev–Trinajstić information content (AvgIpc) is 3.41. The quantitative estimate of drug-likeness (QED) is 0.136. The second-order valence-corrected chi connectivity index (χ2v) is 16.3. The van der Waals surface area contributed by atoms with Crippen molar-refractivity contribution in [2.24, 2.45) is 0 Å². The fourth-order valence-electron chi connectivity index (χ4n) is 8.60. The maximum absolute atomic E-state index is 5.28. The van der Waals surface area contributed by atoms with Crippen molar-refractivity contribution in [2.45, 2.75) is 6.92 Å². The van der Waals surface area contributed by atoms with Gasteiger partial charge in [-0.3, -0.25) is 9.97 Å². The van der Waals surface area contributed by atoms with Crippen LogP contribution in [0.3, 0.4) is 0 Å². The number of hydrogen-bond donors (Lipinski definition) is 0. The monoisotopic (exact) mass is 858 g/mol. The van der Waals surface area contributed by atoms with E-state index >= 15 is 0 Å². The van der Waals surface area contributed by atoms with Crippen molar-refractivity contribution in [3.05, 3.63) is 242 Å². The van der Waals surface area contributed by atoms with Gasteiger partial charge in [0.05, 0.1) is 34.2 Å². The van der Waals surface area contributed by atoms with Crippen LogP contribution in [0.5, 0.6) is 0 Å². The summed E-state index contributed by atoms with van der Waals surface area (Å²) in [5, 5.41) is 0. The van der Waals surface area contributed by atoms with Gasteiger partial charge in [-0.25, -0.2) is 19.9 Å². The molecule has 6 heteroatoms. The molecule has 0 spiro atoms. The summed E-state index contributed by atoms with van der Waals surface area (Å²) in [5.74, 6) is 1.32. The summed E-state index contributed by atoms with van der Waals surface area (Å²) in [6.45, 7) is 2.04. The average molecular weight is 859 g/mol. The third-order valence-electron chi connectivity index (χ3n) is 11.9. The maximum atomic E-state index is 5.28. The lowest BCUT2D eigenvalue weighted by molar-refractivity contribution is 1.18. The summed E-state index contributed by atoms with van der Waals surface area (Å²) in [7, 11) is 0. The fourth-order valence-corrected chi connectivity index (χ4v) is 8.60. The van der Waals surface area contributed by atoms with Crippen LogP contribution < -0.4 is 0 Å². The Balaban J connectivity index is 1.05. The molecule has 0 atom stereocenters. The molecule has 0 aliphatic heterocycles. The SMILES string of the molecule is Cc1cccc(-c2cccc(-c3ccc(-c4cc(-c5ccccc5)nc(-c5ccc(-c6ccccn6)cc5)n4)cc3)c2-c2ccccc2-c2cc(-c3ccccc3)nc(-c3ccccc3)n2)n1. The summed E-state index contributed by atoms with van der Waals surface area (Å²) in [6, 6.07) is 79.2. The van der Waals surface area contributed by atoms with Crippen LogP contribution in [0, 0.1) is 6.92 Å². The molecule has 11 rings (SSSR count). The molecule has 0 saturated carbocycles. The lowest BCUT2D eigenvalue weighted by atomic mass is 9.86. The van der Waals surface area contributed by atoms with Crippen molar-refractivity contribution >= 4 is 0 Å². The van der Waals surface area contributed by atoms with E-state index < -0.39 is 0 Å². The summed E-state index contributed by atoms with van der Waals surface area (Å²) >= 11 is 0. The van der Waals surface area contributed by atoms with Gasteiger partial charge in [-0.05, 0) is 65.6 Å². The van der Waals surface area contributed by atoms with Crippen molar-refractivity contribution < 1.29 is 0 Å². The highest BCUT2D eigenvalue weighted by Gasteiger charge is 2.21. The van der Waals surface area contributed by atoms with E-state index in [-0.39, 0.29) is 0 Å². The molecule has 316 valence electrons. The molecule has 4 heterocycles. The molecule has 0 saturated heterocycles. The van der Waals surface area contributed by atoms with Gasteiger partial charge in [0.2, 0.25) is 0 Å². The Bertz CT molecular complexity index is 3430. The Morgan fingerprint density at radius 2 is 0.672 bits per heavy atom. The molecule has 0 N–H and O–H groups in total. The van der Waals surface area contributed by atoms with Crippen LogP contribution in [0.4, 0.5) is 0 Å². The van der Waals surface area contributed by atoms with E-state index in [9.17, 15) is 0 Å². The maximum Gasteiger partial charge on any atom is 0.160 e. The minimum absolute atomic E-state index is 0.654. The number of hydrogen-bond acceptors (Lipinski definition) is 6. The highest BCUT2D eigenvalue weighted by Crippen LogP contribution is 2.44. The first-order valence-electron chi connectivity index (χ1n) is 22.4. The van der Waals surface area contributed by atoms with E-state index in [1.165, 1.54) is 0 Å². The molecule has 0 aliphatic rings. The van der Waals surface area contributed by atoms with E-state index in [1.807, 2.05) is 92.0 Å². The second kappa shape index (κ2) is 18.2. The smallest absolute Gasteiger partial charge is 0.160 e. The van der Waals surface area contributed by atoms with Crippen molar-refractivity contribution in [3.63, 3.8) is 0 Å². The van der Waals surface area contributed by atoms with Gasteiger partial charge >= 0.3 is 0 Å².